The molecule has 1 atom stereocenters. The van der Waals surface area contributed by atoms with Crippen molar-refractivity contribution < 1.29 is 9.59 Å². The minimum atomic E-state index is -0.142. The van der Waals surface area contributed by atoms with Crippen LogP contribution in [0.4, 0.5) is 0 Å². The Kier molecular flexibility index (Phi) is 4.34. The van der Waals surface area contributed by atoms with Crippen LogP contribution in [0.2, 0.25) is 0 Å². The topological polar surface area (TPSA) is 49.4 Å². The van der Waals surface area contributed by atoms with Gasteiger partial charge in [0.2, 0.25) is 11.8 Å². The third kappa shape index (κ3) is 3.33. The molecule has 2 aliphatic heterocycles. The Labute approximate surface area is 151 Å². The van der Waals surface area contributed by atoms with Crippen molar-refractivity contribution in [3.63, 3.8) is 0 Å². The van der Waals surface area contributed by atoms with Gasteiger partial charge in [-0.1, -0.05) is 30.3 Å². The number of likely N-dealkylation sites (tertiary alicyclic amines) is 1. The lowest BCUT2D eigenvalue weighted by atomic mass is 9.82. The van der Waals surface area contributed by atoms with E-state index in [4.69, 9.17) is 0 Å². The fourth-order valence-corrected chi connectivity index (χ4v) is 4.70. The van der Waals surface area contributed by atoms with Gasteiger partial charge in [-0.05, 0) is 47.2 Å². The monoisotopic (exact) mass is 354 g/mol. The number of carbonyl (C=O) groups excluding carboxylic acids is 2. The minimum absolute atomic E-state index is 0.0609. The summed E-state index contributed by atoms with van der Waals surface area (Å²) >= 11 is 1.62. The number of piperidine rings is 1. The molecule has 0 bridgehead atoms. The molecular weight excluding hydrogens is 332 g/mol. The molecule has 2 aliphatic rings. The largest absolute Gasteiger partial charge is 0.350 e. The molecular formula is C20H22N2O2S. The van der Waals surface area contributed by atoms with Gasteiger partial charge in [-0.3, -0.25) is 9.59 Å². The molecule has 0 aliphatic carbocycles. The van der Waals surface area contributed by atoms with Gasteiger partial charge in [-0.15, -0.1) is 0 Å². The average Bonchev–Trinajstić information content (AvgIpc) is 3.24. The highest BCUT2D eigenvalue weighted by Crippen LogP contribution is 2.39. The molecule has 0 saturated carbocycles. The fraction of sp³-hybridized carbons (Fsp3) is 0.400. The van der Waals surface area contributed by atoms with Crippen molar-refractivity contribution in [1.29, 1.82) is 0 Å². The quantitative estimate of drug-likeness (QED) is 0.921. The maximum atomic E-state index is 12.5. The number of rotatable bonds is 3. The highest BCUT2D eigenvalue weighted by molar-refractivity contribution is 7.08. The van der Waals surface area contributed by atoms with Gasteiger partial charge in [0.25, 0.3) is 0 Å². The summed E-state index contributed by atoms with van der Waals surface area (Å²) in [5.41, 5.74) is 2.04. The summed E-state index contributed by atoms with van der Waals surface area (Å²) in [7, 11) is 0. The van der Waals surface area contributed by atoms with E-state index >= 15 is 0 Å². The van der Waals surface area contributed by atoms with Crippen LogP contribution in [-0.2, 0) is 16.0 Å². The van der Waals surface area contributed by atoms with Crippen LogP contribution in [0.5, 0.6) is 0 Å². The van der Waals surface area contributed by atoms with Crippen LogP contribution in [-0.4, -0.2) is 35.3 Å². The van der Waals surface area contributed by atoms with E-state index in [1.807, 2.05) is 52.1 Å². The number of hydrogen-bond donors (Lipinski definition) is 1. The van der Waals surface area contributed by atoms with Crippen molar-refractivity contribution in [2.24, 2.45) is 0 Å². The Hall–Kier alpha value is -2.14. The van der Waals surface area contributed by atoms with Crippen LogP contribution in [0.1, 0.15) is 36.3 Å². The number of thiophene rings is 1. The van der Waals surface area contributed by atoms with Crippen LogP contribution < -0.4 is 5.32 Å². The Morgan fingerprint density at radius 3 is 2.64 bits per heavy atom. The lowest BCUT2D eigenvalue weighted by Crippen LogP contribution is -2.52. The first kappa shape index (κ1) is 16.3. The minimum Gasteiger partial charge on any atom is -0.350 e. The van der Waals surface area contributed by atoms with Crippen molar-refractivity contribution in [3.8, 4) is 0 Å². The Morgan fingerprint density at radius 1 is 1.20 bits per heavy atom. The smallest absolute Gasteiger partial charge is 0.228 e. The zero-order valence-corrected chi connectivity index (χ0v) is 14.9. The van der Waals surface area contributed by atoms with Crippen molar-refractivity contribution in [3.05, 3.63) is 58.3 Å². The van der Waals surface area contributed by atoms with Crippen LogP contribution in [0.3, 0.4) is 0 Å². The lowest BCUT2D eigenvalue weighted by molar-refractivity contribution is -0.132. The standard InChI is InChI=1S/C20H22N2O2S/c23-18(12-15-6-11-25-14-15)22-9-7-20(8-10-22)13-17(19(24)21-20)16-4-2-1-3-5-16/h1-6,11,14,17H,7-10,12-13H2,(H,21,24)/t17-/m0/s1. The van der Waals surface area contributed by atoms with Gasteiger partial charge in [0.15, 0.2) is 0 Å². The summed E-state index contributed by atoms with van der Waals surface area (Å²) in [4.78, 5) is 26.9. The third-order valence-corrected chi connectivity index (χ3v) is 6.24. The highest BCUT2D eigenvalue weighted by Gasteiger charge is 2.46. The molecule has 130 valence electrons. The van der Waals surface area contributed by atoms with Crippen LogP contribution in [0, 0.1) is 0 Å². The van der Waals surface area contributed by atoms with Crippen molar-refractivity contribution in [2.45, 2.75) is 37.1 Å². The normalized spacial score (nSPS) is 22.2. The molecule has 5 heteroatoms. The first-order valence-corrected chi connectivity index (χ1v) is 9.75. The zero-order valence-electron chi connectivity index (χ0n) is 14.1. The van der Waals surface area contributed by atoms with Crippen molar-refractivity contribution in [2.75, 3.05) is 13.1 Å². The van der Waals surface area contributed by atoms with E-state index in [-0.39, 0.29) is 23.3 Å². The number of nitrogens with zero attached hydrogens (tertiary/aromatic N) is 1. The maximum Gasteiger partial charge on any atom is 0.228 e. The second-order valence-corrected chi connectivity index (χ2v) is 7.91. The molecule has 2 saturated heterocycles. The van der Waals surface area contributed by atoms with Crippen LogP contribution in [0.25, 0.3) is 0 Å². The van der Waals surface area contributed by atoms with E-state index in [0.717, 1.165) is 43.5 Å². The van der Waals surface area contributed by atoms with Crippen LogP contribution in [0.15, 0.2) is 47.2 Å². The number of benzene rings is 1. The zero-order chi connectivity index (χ0) is 17.3. The molecule has 1 spiro atoms. The Balaban J connectivity index is 1.38. The molecule has 2 aromatic rings. The molecule has 1 aromatic heterocycles. The fourth-order valence-electron chi connectivity index (χ4n) is 4.03. The van der Waals surface area contributed by atoms with Crippen molar-refractivity contribution in [1.82, 2.24) is 10.2 Å². The van der Waals surface area contributed by atoms with Gasteiger partial charge in [0, 0.05) is 18.6 Å². The summed E-state index contributed by atoms with van der Waals surface area (Å²) in [6.45, 7) is 1.45. The van der Waals surface area contributed by atoms with E-state index < -0.39 is 0 Å². The van der Waals surface area contributed by atoms with Crippen molar-refractivity contribution >= 4 is 23.2 Å². The number of carbonyl (C=O) groups is 2. The Morgan fingerprint density at radius 2 is 1.96 bits per heavy atom. The van der Waals surface area contributed by atoms with Gasteiger partial charge < -0.3 is 10.2 Å². The first-order chi connectivity index (χ1) is 12.2. The molecule has 3 heterocycles. The summed E-state index contributed by atoms with van der Waals surface area (Å²) in [5.74, 6) is 0.260. The van der Waals surface area contributed by atoms with Crippen LogP contribution >= 0.6 is 11.3 Å². The van der Waals surface area contributed by atoms with Gasteiger partial charge in [-0.25, -0.2) is 0 Å². The maximum absolute atomic E-state index is 12.5. The van der Waals surface area contributed by atoms with E-state index in [1.54, 1.807) is 11.3 Å². The molecule has 1 aromatic carbocycles. The van der Waals surface area contributed by atoms with E-state index in [0.29, 0.717) is 6.42 Å². The molecule has 0 radical (unpaired) electrons. The van der Waals surface area contributed by atoms with E-state index in [1.165, 1.54) is 0 Å². The third-order valence-electron chi connectivity index (χ3n) is 5.51. The number of nitrogens with one attached hydrogen (secondary N) is 1. The predicted octanol–water partition coefficient (Wildman–Crippen LogP) is 2.96. The van der Waals surface area contributed by atoms with Gasteiger partial charge in [0.1, 0.15) is 0 Å². The molecule has 1 N–H and O–H groups in total. The predicted molar refractivity (Wildman–Crippen MR) is 98.5 cm³/mol. The highest BCUT2D eigenvalue weighted by atomic mass is 32.1. The summed E-state index contributed by atoms with van der Waals surface area (Å²) < 4.78 is 0. The number of hydrogen-bond acceptors (Lipinski definition) is 3. The van der Waals surface area contributed by atoms with Gasteiger partial charge in [-0.2, -0.15) is 11.3 Å². The van der Waals surface area contributed by atoms with Gasteiger partial charge >= 0.3 is 0 Å². The average molecular weight is 354 g/mol. The molecule has 2 fully saturated rings. The second-order valence-electron chi connectivity index (χ2n) is 7.13. The molecule has 25 heavy (non-hydrogen) atoms. The molecule has 4 rings (SSSR count). The second kappa shape index (κ2) is 6.64. The van der Waals surface area contributed by atoms with E-state index in [2.05, 4.69) is 5.32 Å². The summed E-state index contributed by atoms with van der Waals surface area (Å²) in [6.07, 6.45) is 3.01. The summed E-state index contributed by atoms with van der Waals surface area (Å²) in [6, 6.07) is 12.0. The molecule has 2 amide bonds. The Bertz CT molecular complexity index is 749. The van der Waals surface area contributed by atoms with Gasteiger partial charge in [0.05, 0.1) is 12.3 Å². The summed E-state index contributed by atoms with van der Waals surface area (Å²) in [5, 5.41) is 7.29. The number of amides is 2. The van der Waals surface area contributed by atoms with E-state index in [9.17, 15) is 9.59 Å². The molecule has 0 unspecified atom stereocenters. The first-order valence-electron chi connectivity index (χ1n) is 8.81. The lowest BCUT2D eigenvalue weighted by Gasteiger charge is -2.39. The SMILES string of the molecule is O=C1NC2(CCN(C(=O)Cc3ccsc3)CC2)C[C@H]1c1ccccc1. The molecule has 4 nitrogen and oxygen atoms in total.